The van der Waals surface area contributed by atoms with Crippen LogP contribution in [0.1, 0.15) is 43.1 Å². The highest BCUT2D eigenvalue weighted by molar-refractivity contribution is 6.05. The third kappa shape index (κ3) is 2.85. The molecule has 2 aliphatic carbocycles. The Hall–Kier alpha value is -2.76. The van der Waals surface area contributed by atoms with Gasteiger partial charge in [0.05, 0.1) is 5.39 Å². The molecule has 0 saturated heterocycles. The van der Waals surface area contributed by atoms with Crippen LogP contribution in [0, 0.1) is 11.8 Å². The van der Waals surface area contributed by atoms with E-state index in [1.165, 1.54) is 4.68 Å². The Bertz CT molecular complexity index is 973. The molecule has 6 heteroatoms. The molecule has 2 aliphatic rings. The van der Waals surface area contributed by atoms with E-state index in [2.05, 4.69) is 34.7 Å². The Kier molecular flexibility index (Phi) is 4.41. The third-order valence-corrected chi connectivity index (χ3v) is 5.27. The lowest BCUT2D eigenvalue weighted by Crippen LogP contribution is -2.36. The third-order valence-electron chi connectivity index (χ3n) is 5.27. The van der Waals surface area contributed by atoms with E-state index < -0.39 is 0 Å². The molecule has 0 radical (unpaired) electrons. The fourth-order valence-electron chi connectivity index (χ4n) is 3.70. The van der Waals surface area contributed by atoms with Crippen molar-refractivity contribution >= 4 is 22.4 Å². The van der Waals surface area contributed by atoms with Gasteiger partial charge in [0.1, 0.15) is 0 Å². The number of carbonyl (C=O) groups is 1. The number of rotatable bonds is 5. The van der Waals surface area contributed by atoms with E-state index in [0.717, 1.165) is 31.4 Å². The number of nitrogens with one attached hydrogen (secondary N) is 1. The summed E-state index contributed by atoms with van der Waals surface area (Å²) in [6, 6.07) is 7.11. The number of aromatic nitrogens is 2. The van der Waals surface area contributed by atoms with Gasteiger partial charge in [-0.05, 0) is 31.2 Å². The molecule has 2 atom stereocenters. The molecule has 4 rings (SSSR count). The van der Waals surface area contributed by atoms with Gasteiger partial charge in [0, 0.05) is 23.6 Å². The molecular formula is C20H22N4O2. The number of benzene rings is 1. The van der Waals surface area contributed by atoms with Crippen molar-refractivity contribution in [3.05, 3.63) is 52.5 Å². The van der Waals surface area contributed by atoms with Crippen LogP contribution < -0.4 is 11.0 Å². The Balaban J connectivity index is 1.64. The van der Waals surface area contributed by atoms with Gasteiger partial charge in [0.25, 0.3) is 11.5 Å². The van der Waals surface area contributed by atoms with Crippen molar-refractivity contribution < 1.29 is 4.79 Å². The van der Waals surface area contributed by atoms with Crippen LogP contribution in [-0.4, -0.2) is 21.4 Å². The van der Waals surface area contributed by atoms with Gasteiger partial charge in [-0.25, -0.2) is 10.1 Å². The number of hydrazone groups is 1. The molecule has 2 unspecified atom stereocenters. The summed E-state index contributed by atoms with van der Waals surface area (Å²) in [6.45, 7) is 2.56. The highest BCUT2D eigenvalue weighted by atomic mass is 16.2. The number of nitrogens with zero attached hydrogens (tertiary/aromatic N) is 3. The van der Waals surface area contributed by atoms with E-state index in [4.69, 9.17) is 0 Å². The molecular weight excluding hydrogens is 328 g/mol. The van der Waals surface area contributed by atoms with Crippen molar-refractivity contribution in [2.24, 2.45) is 16.9 Å². The Morgan fingerprint density at radius 1 is 1.35 bits per heavy atom. The zero-order valence-corrected chi connectivity index (χ0v) is 14.8. The second-order valence-corrected chi connectivity index (χ2v) is 6.96. The van der Waals surface area contributed by atoms with Gasteiger partial charge >= 0.3 is 0 Å². The van der Waals surface area contributed by atoms with Crippen molar-refractivity contribution in [2.75, 3.05) is 0 Å². The summed E-state index contributed by atoms with van der Waals surface area (Å²) in [4.78, 5) is 25.3. The number of allylic oxidation sites excluding steroid dienone is 2. The van der Waals surface area contributed by atoms with Crippen LogP contribution in [0.5, 0.6) is 0 Å². The van der Waals surface area contributed by atoms with Gasteiger partial charge < -0.3 is 0 Å². The van der Waals surface area contributed by atoms with E-state index in [9.17, 15) is 9.59 Å². The molecule has 6 nitrogen and oxygen atoms in total. The van der Waals surface area contributed by atoms with Crippen LogP contribution in [-0.2, 0) is 6.54 Å². The van der Waals surface area contributed by atoms with Crippen molar-refractivity contribution in [3.8, 4) is 0 Å². The van der Waals surface area contributed by atoms with E-state index in [0.29, 0.717) is 29.2 Å². The Morgan fingerprint density at radius 2 is 2.15 bits per heavy atom. The molecule has 0 bridgehead atoms. The summed E-state index contributed by atoms with van der Waals surface area (Å²) < 4.78 is 1.40. The molecule has 1 N–H and O–H groups in total. The van der Waals surface area contributed by atoms with Crippen molar-refractivity contribution in [3.63, 3.8) is 0 Å². The number of hydrogen-bond donors (Lipinski definition) is 1. The standard InChI is InChI=1S/C20H22N4O2/c1-2-3-11-24-20(26)16-9-5-4-8-15(16)18(23-24)19(25)22-21-17-12-13-7-6-10-14(13)17/h4-9,13-14H,2-3,10-12H2,1H3,(H,22,25)/b21-17+. The van der Waals surface area contributed by atoms with Crippen LogP contribution >= 0.6 is 0 Å². The Morgan fingerprint density at radius 3 is 2.92 bits per heavy atom. The monoisotopic (exact) mass is 350 g/mol. The molecule has 2 aromatic rings. The molecule has 134 valence electrons. The average Bonchev–Trinajstić information content (AvgIpc) is 3.02. The molecule has 1 fully saturated rings. The minimum atomic E-state index is -0.367. The van der Waals surface area contributed by atoms with Crippen LogP contribution in [0.2, 0.25) is 0 Å². The molecule has 0 aliphatic heterocycles. The summed E-state index contributed by atoms with van der Waals surface area (Å²) in [5.74, 6) is 0.660. The summed E-state index contributed by atoms with van der Waals surface area (Å²) >= 11 is 0. The van der Waals surface area contributed by atoms with Gasteiger partial charge in [0.2, 0.25) is 0 Å². The van der Waals surface area contributed by atoms with Gasteiger partial charge in [-0.2, -0.15) is 10.2 Å². The molecule has 1 amide bonds. The fourth-order valence-corrected chi connectivity index (χ4v) is 3.70. The minimum absolute atomic E-state index is 0.157. The first-order valence-corrected chi connectivity index (χ1v) is 9.22. The second kappa shape index (κ2) is 6.86. The first-order chi connectivity index (χ1) is 12.7. The first-order valence-electron chi connectivity index (χ1n) is 9.22. The number of carbonyl (C=O) groups excluding carboxylic acids is 1. The topological polar surface area (TPSA) is 76.3 Å². The zero-order chi connectivity index (χ0) is 18.1. The maximum atomic E-state index is 12.7. The maximum absolute atomic E-state index is 12.7. The maximum Gasteiger partial charge on any atom is 0.292 e. The number of fused-ring (bicyclic) bond motifs is 2. The number of aryl methyl sites for hydroxylation is 1. The van der Waals surface area contributed by atoms with E-state index in [1.54, 1.807) is 18.2 Å². The number of hydrogen-bond acceptors (Lipinski definition) is 4. The van der Waals surface area contributed by atoms with Gasteiger partial charge in [-0.1, -0.05) is 43.7 Å². The quantitative estimate of drug-likeness (QED) is 0.665. The van der Waals surface area contributed by atoms with Gasteiger partial charge in [-0.15, -0.1) is 0 Å². The second-order valence-electron chi connectivity index (χ2n) is 6.96. The zero-order valence-electron chi connectivity index (χ0n) is 14.8. The molecule has 1 heterocycles. The van der Waals surface area contributed by atoms with E-state index in [-0.39, 0.29) is 17.2 Å². The van der Waals surface area contributed by atoms with Crippen molar-refractivity contribution in [2.45, 2.75) is 39.2 Å². The smallest absolute Gasteiger partial charge is 0.267 e. The highest BCUT2D eigenvalue weighted by Crippen LogP contribution is 2.40. The van der Waals surface area contributed by atoms with E-state index >= 15 is 0 Å². The number of unbranched alkanes of at least 4 members (excludes halogenated alkanes) is 1. The minimum Gasteiger partial charge on any atom is -0.267 e. The van der Waals surface area contributed by atoms with Gasteiger partial charge in [0.15, 0.2) is 5.69 Å². The van der Waals surface area contributed by atoms with Crippen LogP contribution in [0.4, 0.5) is 0 Å². The van der Waals surface area contributed by atoms with Gasteiger partial charge in [-0.3, -0.25) is 9.59 Å². The van der Waals surface area contributed by atoms with Crippen molar-refractivity contribution in [1.29, 1.82) is 0 Å². The predicted octanol–water partition coefficient (Wildman–Crippen LogP) is 2.88. The van der Waals surface area contributed by atoms with E-state index in [1.807, 2.05) is 6.07 Å². The largest absolute Gasteiger partial charge is 0.292 e. The van der Waals surface area contributed by atoms with Crippen LogP contribution in [0.15, 0.2) is 46.3 Å². The number of amides is 1. The summed E-state index contributed by atoms with van der Waals surface area (Å²) in [7, 11) is 0. The lowest BCUT2D eigenvalue weighted by molar-refractivity contribution is 0.0948. The molecule has 26 heavy (non-hydrogen) atoms. The normalized spacial score (nSPS) is 22.4. The summed E-state index contributed by atoms with van der Waals surface area (Å²) in [5, 5.41) is 9.74. The SMILES string of the molecule is CCCCn1nc(C(=O)N/N=C2\CC3C=CCC23)c2ccccc2c1=O. The van der Waals surface area contributed by atoms with Crippen LogP contribution in [0.3, 0.4) is 0 Å². The average molecular weight is 350 g/mol. The Labute approximate surface area is 151 Å². The lowest BCUT2D eigenvalue weighted by Gasteiger charge is -2.31. The summed E-state index contributed by atoms with van der Waals surface area (Å²) in [5.41, 5.74) is 3.78. The predicted molar refractivity (Wildman–Crippen MR) is 101 cm³/mol. The molecule has 1 saturated carbocycles. The van der Waals surface area contributed by atoms with Crippen molar-refractivity contribution in [1.82, 2.24) is 15.2 Å². The first kappa shape index (κ1) is 16.7. The fraction of sp³-hybridized carbons (Fsp3) is 0.400. The molecule has 1 aromatic carbocycles. The highest BCUT2D eigenvalue weighted by Gasteiger charge is 2.38. The summed E-state index contributed by atoms with van der Waals surface area (Å²) in [6.07, 6.45) is 8.11. The van der Waals surface area contributed by atoms with Crippen LogP contribution in [0.25, 0.3) is 10.8 Å². The molecule has 0 spiro atoms. The lowest BCUT2D eigenvalue weighted by atomic mass is 9.74. The molecule has 1 aromatic heterocycles.